The number of hydrogen-bond donors (Lipinski definition) is 0. The lowest BCUT2D eigenvalue weighted by atomic mass is 10.7. The molecule has 0 atom stereocenters. The van der Waals surface area contributed by atoms with Gasteiger partial charge in [0.2, 0.25) is 5.82 Å². The Kier molecular flexibility index (Phi) is 1.60. The van der Waals surface area contributed by atoms with Crippen LogP contribution in [0.15, 0.2) is 13.8 Å². The van der Waals surface area contributed by atoms with E-state index in [2.05, 4.69) is 18.7 Å². The molecule has 0 bridgehead atoms. The van der Waals surface area contributed by atoms with E-state index in [9.17, 15) is 0 Å². The second kappa shape index (κ2) is 2.66. The summed E-state index contributed by atoms with van der Waals surface area (Å²) in [6.45, 7) is 0. The number of fused-ring (bicyclic) bond motifs is 2. The van der Waals surface area contributed by atoms with Crippen LogP contribution < -0.4 is 5.49 Å². The summed E-state index contributed by atoms with van der Waals surface area (Å²) in [5.74, 6) is 0.718. The number of hydrogen-bond acceptors (Lipinski definition) is 6. The first-order valence-corrected chi connectivity index (χ1v) is 7.16. The summed E-state index contributed by atoms with van der Waals surface area (Å²) in [7, 11) is 5.92. The van der Waals surface area contributed by atoms with Crippen LogP contribution in [0.3, 0.4) is 0 Å². The Morgan fingerprint density at radius 2 is 2.17 bits per heavy atom. The molecule has 0 saturated heterocycles. The molecule has 0 spiro atoms. The van der Waals surface area contributed by atoms with E-state index in [1.807, 2.05) is 0 Å². The molecule has 8 heteroatoms. The molecular weight excluding hydrogens is 232 g/mol. The Balaban J connectivity index is 2.51. The molecule has 3 heterocycles. The van der Waals surface area contributed by atoms with E-state index in [0.717, 1.165) is 21.0 Å². The second-order valence-electron chi connectivity index (χ2n) is 1.98. The minimum Gasteiger partial charge on any atom is -0.221 e. The minimum atomic E-state index is 0.718. The van der Waals surface area contributed by atoms with Crippen LogP contribution in [0, 0.1) is 4.64 Å². The Bertz CT molecular complexity index is 553. The summed E-state index contributed by atoms with van der Waals surface area (Å²) >= 11 is 0. The van der Waals surface area contributed by atoms with Crippen LogP contribution in [-0.4, -0.2) is 9.97 Å². The first-order valence-electron chi connectivity index (χ1n) is 2.95. The molecule has 4 nitrogen and oxygen atoms in total. The summed E-state index contributed by atoms with van der Waals surface area (Å²) in [6, 6.07) is 0. The third kappa shape index (κ3) is 0.987. The van der Waals surface area contributed by atoms with E-state index in [0.29, 0.717) is 0 Å². The topological polar surface area (TPSA) is 50.5 Å². The van der Waals surface area contributed by atoms with Gasteiger partial charge in [-0.05, 0) is 20.7 Å². The van der Waals surface area contributed by atoms with Gasteiger partial charge in [0.05, 0.1) is 11.0 Å². The normalized spacial score (nSPS) is 16.7. The predicted molar refractivity (Wildman–Crippen MR) is 52.3 cm³/mol. The molecular formula is C4N4S4. The molecule has 0 unspecified atom stereocenters. The van der Waals surface area contributed by atoms with Crippen LogP contribution in [0.2, 0.25) is 0 Å². The molecule has 0 amide bonds. The van der Waals surface area contributed by atoms with E-state index < -0.39 is 0 Å². The molecule has 0 aromatic carbocycles. The van der Waals surface area contributed by atoms with Crippen molar-refractivity contribution in [2.24, 2.45) is 8.76 Å². The van der Waals surface area contributed by atoms with Crippen molar-refractivity contribution in [3.63, 3.8) is 0 Å². The van der Waals surface area contributed by atoms with Crippen LogP contribution in [-0.2, 0) is 20.0 Å². The highest BCUT2D eigenvalue weighted by Crippen LogP contribution is 2.32. The molecule has 0 fully saturated rings. The van der Waals surface area contributed by atoms with Gasteiger partial charge in [-0.25, -0.2) is 9.97 Å². The molecule has 1 aromatic heterocycles. The fourth-order valence-corrected chi connectivity index (χ4v) is 3.91. The predicted octanol–water partition coefficient (Wildman–Crippen LogP) is 0.925. The van der Waals surface area contributed by atoms with Crippen molar-refractivity contribution in [2.75, 3.05) is 0 Å². The molecule has 0 N–H and O–H groups in total. The van der Waals surface area contributed by atoms with Crippen molar-refractivity contribution in [3.8, 4) is 0 Å². The van der Waals surface area contributed by atoms with Gasteiger partial charge in [0.15, 0.2) is 15.2 Å². The van der Waals surface area contributed by atoms with Crippen LogP contribution >= 0.6 is 21.8 Å². The lowest BCUT2D eigenvalue weighted by molar-refractivity contribution is 0.969. The summed E-state index contributed by atoms with van der Waals surface area (Å²) in [4.78, 5) is 8.62. The summed E-state index contributed by atoms with van der Waals surface area (Å²) < 4.78 is 9.11. The number of aromatic nitrogens is 2. The van der Waals surface area contributed by atoms with Crippen molar-refractivity contribution in [1.82, 2.24) is 9.97 Å². The highest BCUT2D eigenvalue weighted by atomic mass is 33.1. The zero-order valence-corrected chi connectivity index (χ0v) is 8.69. The zero-order chi connectivity index (χ0) is 7.97. The fraction of sp³-hybridized carbons (Fsp3) is 0. The van der Waals surface area contributed by atoms with Crippen LogP contribution in [0.5, 0.6) is 0 Å². The van der Waals surface area contributed by atoms with Gasteiger partial charge < -0.3 is 0 Å². The molecule has 0 radical (unpaired) electrons. The summed E-state index contributed by atoms with van der Waals surface area (Å²) in [5.41, 5.74) is 0.718. The van der Waals surface area contributed by atoms with Crippen LogP contribution in [0.25, 0.3) is 0 Å². The van der Waals surface area contributed by atoms with E-state index in [-0.39, 0.29) is 0 Å². The number of nitrogens with zero attached hydrogens (tertiary/aromatic N) is 4. The van der Waals surface area contributed by atoms with E-state index in [4.69, 9.17) is 0 Å². The molecule has 1 aromatic rings. The van der Waals surface area contributed by atoms with Crippen molar-refractivity contribution in [2.45, 2.75) is 5.03 Å². The molecule has 12 heavy (non-hydrogen) atoms. The maximum atomic E-state index is 4.37. The summed E-state index contributed by atoms with van der Waals surface area (Å²) in [6.07, 6.45) is 0. The largest absolute Gasteiger partial charge is 0.221 e. The molecule has 0 saturated carbocycles. The molecule has 3 rings (SSSR count). The quantitative estimate of drug-likeness (QED) is 0.385. The van der Waals surface area contributed by atoms with Crippen molar-refractivity contribution in [3.05, 3.63) is 10.1 Å². The Labute approximate surface area is 81.4 Å². The number of rotatable bonds is 0. The van der Waals surface area contributed by atoms with Gasteiger partial charge in [-0.2, -0.15) is 8.76 Å². The van der Waals surface area contributed by atoms with Gasteiger partial charge in [-0.1, -0.05) is 0 Å². The lowest BCUT2D eigenvalue weighted by Gasteiger charge is -1.88. The Hall–Kier alpha value is -0.180. The molecule has 60 valence electrons. The highest BCUT2D eigenvalue weighted by Gasteiger charge is 2.12. The second-order valence-corrected chi connectivity index (χ2v) is 5.64. The zero-order valence-electron chi connectivity index (χ0n) is 5.42. The Morgan fingerprint density at radius 1 is 1.17 bits per heavy atom. The average Bonchev–Trinajstić information content (AvgIpc) is 2.64. The van der Waals surface area contributed by atoms with Gasteiger partial charge in [0.25, 0.3) is 0 Å². The van der Waals surface area contributed by atoms with Crippen LogP contribution in [0.1, 0.15) is 0 Å². The maximum absolute atomic E-state index is 4.37. The maximum Gasteiger partial charge on any atom is 0.204 e. The van der Waals surface area contributed by atoms with Gasteiger partial charge in [-0.3, -0.25) is 0 Å². The average molecular weight is 232 g/mol. The monoisotopic (exact) mass is 232 g/mol. The van der Waals surface area contributed by atoms with E-state index >= 15 is 0 Å². The van der Waals surface area contributed by atoms with Crippen molar-refractivity contribution in [1.29, 1.82) is 0 Å². The standard InChI is InChI=1S/C4N4S4/c5-1-3(9-11-7-1)6-4-2(5)8-12-10-4. The van der Waals surface area contributed by atoms with E-state index in [1.165, 1.54) is 21.1 Å². The summed E-state index contributed by atoms with van der Waals surface area (Å²) in [5, 5.41) is 0.906. The third-order valence-electron chi connectivity index (χ3n) is 1.28. The first-order chi connectivity index (χ1) is 5.93. The molecule has 2 aliphatic rings. The fourth-order valence-electron chi connectivity index (χ4n) is 0.797. The Morgan fingerprint density at radius 3 is 3.17 bits per heavy atom. The van der Waals surface area contributed by atoms with Crippen LogP contribution in [0.4, 0.5) is 5.82 Å². The molecule has 0 aliphatic carbocycles. The van der Waals surface area contributed by atoms with Gasteiger partial charge in [-0.15, -0.1) is 0 Å². The highest BCUT2D eigenvalue weighted by molar-refractivity contribution is 8.76. The molecule has 2 aliphatic heterocycles. The van der Waals surface area contributed by atoms with Crippen molar-refractivity contribution < 1.29 is 0 Å². The smallest absolute Gasteiger partial charge is 0.204 e. The SMILES string of the molecule is N1=S=S=c2nc3c(nc21)=NSS3. The first kappa shape index (κ1) is 7.25. The lowest BCUT2D eigenvalue weighted by Crippen LogP contribution is -2.08. The van der Waals surface area contributed by atoms with Gasteiger partial charge >= 0.3 is 0 Å². The third-order valence-corrected chi connectivity index (χ3v) is 4.63. The van der Waals surface area contributed by atoms with E-state index in [1.54, 1.807) is 20.7 Å². The van der Waals surface area contributed by atoms with Gasteiger partial charge in [0, 0.05) is 10.1 Å². The van der Waals surface area contributed by atoms with Gasteiger partial charge in [0.1, 0.15) is 0 Å². The minimum absolute atomic E-state index is 0.718. The van der Waals surface area contributed by atoms with Crippen molar-refractivity contribution >= 4 is 47.6 Å².